The quantitative estimate of drug-likeness (QED) is 0.336. The lowest BCUT2D eigenvalue weighted by atomic mass is 10.2. The van der Waals surface area contributed by atoms with E-state index in [0.29, 0.717) is 32.5 Å². The van der Waals surface area contributed by atoms with Crippen LogP contribution in [0.1, 0.15) is 16.7 Å². The first-order valence-corrected chi connectivity index (χ1v) is 12.0. The fraction of sp³-hybridized carbons (Fsp3) is 0.0833. The molecule has 1 heterocycles. The molecule has 1 N–H and O–H groups in total. The fourth-order valence-corrected chi connectivity index (χ4v) is 4.70. The number of amides is 1. The molecule has 0 saturated carbocycles. The van der Waals surface area contributed by atoms with Crippen LogP contribution in [0.15, 0.2) is 75.0 Å². The smallest absolute Gasteiger partial charge is 0.264 e. The van der Waals surface area contributed by atoms with Gasteiger partial charge in [-0.3, -0.25) is 4.79 Å². The summed E-state index contributed by atoms with van der Waals surface area (Å²) in [6.45, 7) is 2.33. The molecule has 162 valence electrons. The van der Waals surface area contributed by atoms with Crippen LogP contribution in [0.2, 0.25) is 10.0 Å². The molecule has 0 unspecified atom stereocenters. The Labute approximate surface area is 208 Å². The third kappa shape index (κ3) is 5.75. The van der Waals surface area contributed by atoms with Crippen molar-refractivity contribution in [2.45, 2.75) is 13.5 Å². The van der Waals surface area contributed by atoms with Crippen LogP contribution in [0.25, 0.3) is 6.08 Å². The van der Waals surface area contributed by atoms with Crippen molar-refractivity contribution in [2.24, 2.45) is 4.99 Å². The summed E-state index contributed by atoms with van der Waals surface area (Å²) in [6.07, 6.45) is 1.82. The van der Waals surface area contributed by atoms with E-state index >= 15 is 0 Å². The van der Waals surface area contributed by atoms with Gasteiger partial charge >= 0.3 is 0 Å². The van der Waals surface area contributed by atoms with E-state index < -0.39 is 0 Å². The number of aliphatic imine (C=N–C) groups is 1. The first-order chi connectivity index (χ1) is 15.4. The maximum absolute atomic E-state index is 12.4. The highest BCUT2D eigenvalue weighted by atomic mass is 79.9. The van der Waals surface area contributed by atoms with Crippen LogP contribution in [0.4, 0.5) is 5.69 Å². The van der Waals surface area contributed by atoms with Gasteiger partial charge in [-0.15, -0.1) is 0 Å². The van der Waals surface area contributed by atoms with Crippen molar-refractivity contribution in [3.63, 3.8) is 0 Å². The first kappa shape index (κ1) is 22.9. The molecule has 0 radical (unpaired) electrons. The van der Waals surface area contributed by atoms with Gasteiger partial charge in [0.25, 0.3) is 5.91 Å². The highest BCUT2D eigenvalue weighted by molar-refractivity contribution is 9.10. The third-order valence-electron chi connectivity index (χ3n) is 4.57. The van der Waals surface area contributed by atoms with E-state index in [9.17, 15) is 4.79 Å². The van der Waals surface area contributed by atoms with Crippen molar-refractivity contribution in [1.29, 1.82) is 0 Å². The van der Waals surface area contributed by atoms with Gasteiger partial charge in [0.15, 0.2) is 5.17 Å². The first-order valence-electron chi connectivity index (χ1n) is 9.60. The second-order valence-corrected chi connectivity index (χ2v) is 9.76. The number of carbonyl (C=O) groups excluding carboxylic acids is 1. The molecule has 3 aromatic rings. The van der Waals surface area contributed by atoms with Crippen LogP contribution < -0.4 is 10.1 Å². The molecule has 1 saturated heterocycles. The molecule has 8 heteroatoms. The summed E-state index contributed by atoms with van der Waals surface area (Å²) in [7, 11) is 0. The van der Waals surface area contributed by atoms with Gasteiger partial charge in [0.1, 0.15) is 12.4 Å². The predicted octanol–water partition coefficient (Wildman–Crippen LogP) is 7.53. The van der Waals surface area contributed by atoms with Crippen LogP contribution in [0, 0.1) is 6.92 Å². The molecule has 0 aromatic heterocycles. The number of nitrogens with one attached hydrogen (secondary N) is 1. The lowest BCUT2D eigenvalue weighted by Gasteiger charge is -2.10. The number of ether oxygens (including phenoxy) is 1. The average molecular weight is 548 g/mol. The molecule has 1 aliphatic heterocycles. The van der Waals surface area contributed by atoms with E-state index in [1.807, 2.05) is 61.5 Å². The van der Waals surface area contributed by atoms with Gasteiger partial charge in [-0.25, -0.2) is 4.99 Å². The van der Waals surface area contributed by atoms with E-state index in [0.717, 1.165) is 26.9 Å². The van der Waals surface area contributed by atoms with E-state index in [1.54, 1.807) is 12.1 Å². The number of amidine groups is 1. The van der Waals surface area contributed by atoms with Crippen molar-refractivity contribution < 1.29 is 9.53 Å². The number of hydrogen-bond donors (Lipinski definition) is 1. The summed E-state index contributed by atoms with van der Waals surface area (Å²) in [6, 6.07) is 18.7. The average Bonchev–Trinajstić information content (AvgIpc) is 3.09. The normalized spacial score (nSPS) is 15.9. The molecule has 4 nitrogen and oxygen atoms in total. The summed E-state index contributed by atoms with van der Waals surface area (Å²) in [5.41, 5.74) is 3.66. The molecule has 0 spiro atoms. The Bertz CT molecular complexity index is 1240. The number of carbonyl (C=O) groups is 1. The lowest BCUT2D eigenvalue weighted by Crippen LogP contribution is -2.19. The Balaban J connectivity index is 1.45. The summed E-state index contributed by atoms with van der Waals surface area (Å²) < 4.78 is 6.65. The number of benzene rings is 3. The van der Waals surface area contributed by atoms with Crippen LogP contribution >= 0.6 is 50.9 Å². The Morgan fingerprint density at radius 1 is 1.09 bits per heavy atom. The zero-order valence-electron chi connectivity index (χ0n) is 16.9. The van der Waals surface area contributed by atoms with E-state index in [4.69, 9.17) is 27.9 Å². The van der Waals surface area contributed by atoms with E-state index in [1.165, 1.54) is 11.8 Å². The van der Waals surface area contributed by atoms with Gasteiger partial charge < -0.3 is 10.1 Å². The standard InChI is InChI=1S/C24H17BrCl2N2O2S/c1-14-2-7-18(8-3-14)28-24-29-23(30)22(32-24)11-15-4-9-21(19(25)10-15)31-13-16-5-6-17(26)12-20(16)27/h2-12H,13H2,1H3,(H,28,29,30)/b22-11-. The minimum absolute atomic E-state index is 0.172. The second-order valence-electron chi connectivity index (χ2n) is 7.03. The van der Waals surface area contributed by atoms with Gasteiger partial charge in [0.2, 0.25) is 0 Å². The molecule has 32 heavy (non-hydrogen) atoms. The number of thioether (sulfide) groups is 1. The molecule has 1 amide bonds. The van der Waals surface area contributed by atoms with Crippen LogP contribution in [-0.4, -0.2) is 11.1 Å². The molecule has 1 aliphatic rings. The van der Waals surface area contributed by atoms with Crippen LogP contribution in [0.5, 0.6) is 5.75 Å². The molecule has 0 bridgehead atoms. The maximum atomic E-state index is 12.4. The maximum Gasteiger partial charge on any atom is 0.264 e. The zero-order valence-corrected chi connectivity index (χ0v) is 20.8. The van der Waals surface area contributed by atoms with Crippen molar-refractivity contribution in [2.75, 3.05) is 0 Å². The van der Waals surface area contributed by atoms with Gasteiger partial charge in [0.05, 0.1) is 15.1 Å². The number of halogens is 3. The molecular formula is C24H17BrCl2N2O2S. The monoisotopic (exact) mass is 546 g/mol. The van der Waals surface area contributed by atoms with E-state index in [2.05, 4.69) is 26.2 Å². The predicted molar refractivity (Wildman–Crippen MR) is 137 cm³/mol. The molecule has 3 aromatic carbocycles. The summed E-state index contributed by atoms with van der Waals surface area (Å²) in [5, 5.41) is 4.51. The van der Waals surface area contributed by atoms with Gasteiger partial charge in [-0.05, 0) is 82.7 Å². The van der Waals surface area contributed by atoms with E-state index in [-0.39, 0.29) is 5.91 Å². The SMILES string of the molecule is Cc1ccc(N=C2NC(=O)/C(=C/c3ccc(OCc4ccc(Cl)cc4Cl)c(Br)c3)S2)cc1. The molecule has 1 fully saturated rings. The Kier molecular flexibility index (Phi) is 7.26. The van der Waals surface area contributed by atoms with Crippen molar-refractivity contribution in [3.8, 4) is 5.75 Å². The lowest BCUT2D eigenvalue weighted by molar-refractivity contribution is -0.115. The number of aryl methyl sites for hydroxylation is 1. The number of hydrogen-bond acceptors (Lipinski definition) is 4. The summed E-state index contributed by atoms with van der Waals surface area (Å²) in [5.74, 6) is 0.498. The second kappa shape index (κ2) is 10.1. The number of nitrogens with zero attached hydrogens (tertiary/aromatic N) is 1. The summed E-state index contributed by atoms with van der Waals surface area (Å²) >= 11 is 17.0. The summed E-state index contributed by atoms with van der Waals surface area (Å²) in [4.78, 5) is 17.4. The topological polar surface area (TPSA) is 50.7 Å². The minimum atomic E-state index is -0.172. The third-order valence-corrected chi connectivity index (χ3v) is 6.68. The van der Waals surface area contributed by atoms with Crippen molar-refractivity contribution in [3.05, 3.63) is 96.8 Å². The van der Waals surface area contributed by atoms with Crippen molar-refractivity contribution in [1.82, 2.24) is 5.32 Å². The van der Waals surface area contributed by atoms with Crippen molar-refractivity contribution >= 4 is 73.7 Å². The highest BCUT2D eigenvalue weighted by Gasteiger charge is 2.23. The fourth-order valence-electron chi connectivity index (χ4n) is 2.89. The molecule has 0 aliphatic carbocycles. The molecule has 0 atom stereocenters. The minimum Gasteiger partial charge on any atom is -0.488 e. The molecule has 4 rings (SSSR count). The zero-order chi connectivity index (χ0) is 22.7. The largest absolute Gasteiger partial charge is 0.488 e. The van der Waals surface area contributed by atoms with Crippen LogP contribution in [0.3, 0.4) is 0 Å². The van der Waals surface area contributed by atoms with Crippen LogP contribution in [-0.2, 0) is 11.4 Å². The molecular weight excluding hydrogens is 531 g/mol. The van der Waals surface area contributed by atoms with Gasteiger partial charge in [0, 0.05) is 15.6 Å². The van der Waals surface area contributed by atoms with Gasteiger partial charge in [-0.1, -0.05) is 53.0 Å². The Morgan fingerprint density at radius 3 is 2.59 bits per heavy atom. The Morgan fingerprint density at radius 2 is 1.88 bits per heavy atom. The Hall–Kier alpha value is -2.25. The van der Waals surface area contributed by atoms with Gasteiger partial charge in [-0.2, -0.15) is 0 Å². The highest BCUT2D eigenvalue weighted by Crippen LogP contribution is 2.32. The number of rotatable bonds is 5.